The van der Waals surface area contributed by atoms with E-state index in [0.29, 0.717) is 12.3 Å². The molecule has 1 N–H and O–H groups in total. The zero-order valence-corrected chi connectivity index (χ0v) is 15.5. The van der Waals surface area contributed by atoms with Gasteiger partial charge in [-0.25, -0.2) is 4.39 Å². The van der Waals surface area contributed by atoms with Crippen LogP contribution in [0.2, 0.25) is 5.02 Å². The lowest BCUT2D eigenvalue weighted by Crippen LogP contribution is -2.46. The van der Waals surface area contributed by atoms with Crippen molar-refractivity contribution in [3.05, 3.63) is 29.0 Å². The minimum Gasteiger partial charge on any atom is -0.491 e. The predicted molar refractivity (Wildman–Crippen MR) is 97.7 cm³/mol. The van der Waals surface area contributed by atoms with E-state index in [1.54, 1.807) is 0 Å². The Kier molecular flexibility index (Phi) is 8.44. The highest BCUT2D eigenvalue weighted by Crippen LogP contribution is 2.24. The molecule has 0 unspecified atom stereocenters. The number of benzene rings is 1. The fourth-order valence-electron chi connectivity index (χ4n) is 2.79. The lowest BCUT2D eigenvalue weighted by Gasteiger charge is -2.33. The third kappa shape index (κ3) is 7.18. The molecule has 1 aromatic rings. The van der Waals surface area contributed by atoms with Crippen molar-refractivity contribution < 1.29 is 13.9 Å². The van der Waals surface area contributed by atoms with Crippen molar-refractivity contribution in [3.8, 4) is 5.75 Å². The number of likely N-dealkylation sites (N-methyl/N-ethyl adjacent to an activating group) is 1. The van der Waals surface area contributed by atoms with Gasteiger partial charge in [-0.15, -0.1) is 0 Å². The van der Waals surface area contributed by atoms with Gasteiger partial charge in [-0.3, -0.25) is 4.79 Å². The first-order valence-corrected chi connectivity index (χ1v) is 9.25. The fourth-order valence-corrected chi connectivity index (χ4v) is 3.02. The molecule has 0 bridgehead atoms. The van der Waals surface area contributed by atoms with Gasteiger partial charge in [0.15, 0.2) is 0 Å². The quantitative estimate of drug-likeness (QED) is 0.677. The van der Waals surface area contributed by atoms with E-state index in [2.05, 4.69) is 22.0 Å². The molecule has 1 aromatic carbocycles. The molecule has 5 nitrogen and oxygen atoms in total. The summed E-state index contributed by atoms with van der Waals surface area (Å²) < 4.78 is 18.3. The van der Waals surface area contributed by atoms with Crippen LogP contribution >= 0.6 is 11.6 Å². The smallest absolute Gasteiger partial charge is 0.223 e. The molecule has 0 spiro atoms. The topological polar surface area (TPSA) is 44.8 Å². The Balaban J connectivity index is 1.52. The average molecular weight is 372 g/mol. The number of amides is 1. The zero-order chi connectivity index (χ0) is 18.1. The van der Waals surface area contributed by atoms with E-state index in [4.69, 9.17) is 16.3 Å². The Morgan fingerprint density at radius 1 is 1.28 bits per heavy atom. The van der Waals surface area contributed by atoms with Gasteiger partial charge >= 0.3 is 0 Å². The van der Waals surface area contributed by atoms with Gasteiger partial charge in [0.25, 0.3) is 0 Å². The Morgan fingerprint density at radius 2 is 2.00 bits per heavy atom. The number of hydrogen-bond acceptors (Lipinski definition) is 4. The van der Waals surface area contributed by atoms with E-state index in [1.165, 1.54) is 18.2 Å². The second-order valence-corrected chi connectivity index (χ2v) is 6.56. The van der Waals surface area contributed by atoms with Crippen molar-refractivity contribution in [2.24, 2.45) is 0 Å². The van der Waals surface area contributed by atoms with Gasteiger partial charge < -0.3 is 19.9 Å². The summed E-state index contributed by atoms with van der Waals surface area (Å²) >= 11 is 5.87. The predicted octanol–water partition coefficient (Wildman–Crippen LogP) is 2.39. The lowest BCUT2D eigenvalue weighted by molar-refractivity contribution is -0.121. The summed E-state index contributed by atoms with van der Waals surface area (Å²) in [7, 11) is 0. The Bertz CT molecular complexity index is 551. The number of nitrogens with zero attached hydrogens (tertiary/aromatic N) is 2. The van der Waals surface area contributed by atoms with E-state index in [-0.39, 0.29) is 24.0 Å². The molecule has 140 valence electrons. The van der Waals surface area contributed by atoms with Crippen LogP contribution in [0.4, 0.5) is 4.39 Å². The number of carbonyl (C=O) groups is 1. The molecule has 1 aliphatic heterocycles. The van der Waals surface area contributed by atoms with Gasteiger partial charge in [0, 0.05) is 32.7 Å². The number of carbonyl (C=O) groups excluding carboxylic acids is 1. The monoisotopic (exact) mass is 371 g/mol. The Morgan fingerprint density at radius 3 is 2.68 bits per heavy atom. The maximum Gasteiger partial charge on any atom is 0.223 e. The molecule has 1 saturated heterocycles. The number of piperazine rings is 1. The van der Waals surface area contributed by atoms with Gasteiger partial charge in [-0.2, -0.15) is 0 Å². The molecular weight excluding hydrogens is 345 g/mol. The summed E-state index contributed by atoms with van der Waals surface area (Å²) in [6.07, 6.45) is 1.20. The summed E-state index contributed by atoms with van der Waals surface area (Å²) in [6, 6.07) is 3.94. The summed E-state index contributed by atoms with van der Waals surface area (Å²) in [4.78, 5) is 16.7. The van der Waals surface area contributed by atoms with Crippen LogP contribution in [0.15, 0.2) is 18.2 Å². The highest BCUT2D eigenvalue weighted by Gasteiger charge is 2.14. The number of hydrogen-bond donors (Lipinski definition) is 1. The van der Waals surface area contributed by atoms with E-state index < -0.39 is 5.82 Å². The minimum atomic E-state index is -0.411. The molecule has 0 aromatic heterocycles. The summed E-state index contributed by atoms with van der Waals surface area (Å²) in [5.74, 6) is -0.0673. The van der Waals surface area contributed by atoms with Gasteiger partial charge in [-0.1, -0.05) is 18.5 Å². The third-order valence-corrected chi connectivity index (χ3v) is 4.66. The van der Waals surface area contributed by atoms with Crippen molar-refractivity contribution in [2.45, 2.75) is 19.8 Å². The van der Waals surface area contributed by atoms with Gasteiger partial charge in [0.1, 0.15) is 11.6 Å². The summed E-state index contributed by atoms with van der Waals surface area (Å²) in [5.41, 5.74) is 0. The van der Waals surface area contributed by atoms with E-state index in [0.717, 1.165) is 45.7 Å². The summed E-state index contributed by atoms with van der Waals surface area (Å²) in [5, 5.41) is 3.11. The Labute approximate surface area is 154 Å². The third-order valence-electron chi connectivity index (χ3n) is 4.37. The van der Waals surface area contributed by atoms with Crippen LogP contribution in [-0.4, -0.2) is 68.1 Å². The molecule has 7 heteroatoms. The van der Waals surface area contributed by atoms with Crippen molar-refractivity contribution in [3.63, 3.8) is 0 Å². The van der Waals surface area contributed by atoms with Crippen LogP contribution in [0.5, 0.6) is 5.75 Å². The molecule has 1 fully saturated rings. The second kappa shape index (κ2) is 10.6. The molecule has 1 aliphatic rings. The van der Waals surface area contributed by atoms with Crippen molar-refractivity contribution in [1.29, 1.82) is 0 Å². The van der Waals surface area contributed by atoms with Gasteiger partial charge in [-0.05, 0) is 37.7 Å². The minimum absolute atomic E-state index is 0.0472. The maximum atomic E-state index is 12.9. The molecule has 1 amide bonds. The first kappa shape index (κ1) is 19.9. The van der Waals surface area contributed by atoms with Crippen LogP contribution in [0.1, 0.15) is 19.8 Å². The molecule has 0 atom stereocenters. The zero-order valence-electron chi connectivity index (χ0n) is 14.8. The van der Waals surface area contributed by atoms with E-state index in [1.807, 2.05) is 0 Å². The van der Waals surface area contributed by atoms with Crippen molar-refractivity contribution in [2.75, 3.05) is 52.4 Å². The molecule has 0 aliphatic carbocycles. The molecule has 2 rings (SSSR count). The van der Waals surface area contributed by atoms with Crippen LogP contribution in [0.3, 0.4) is 0 Å². The first-order chi connectivity index (χ1) is 12.1. The Hall–Kier alpha value is -1.37. The average Bonchev–Trinajstić information content (AvgIpc) is 2.61. The van der Waals surface area contributed by atoms with E-state index in [9.17, 15) is 9.18 Å². The number of nitrogens with one attached hydrogen (secondary N) is 1. The van der Waals surface area contributed by atoms with Crippen LogP contribution in [0, 0.1) is 5.82 Å². The van der Waals surface area contributed by atoms with Crippen molar-refractivity contribution >= 4 is 17.5 Å². The van der Waals surface area contributed by atoms with Gasteiger partial charge in [0.05, 0.1) is 18.1 Å². The molecule has 25 heavy (non-hydrogen) atoms. The molecular formula is C18H27ClFN3O2. The number of rotatable bonds is 9. The molecule has 1 heterocycles. The van der Waals surface area contributed by atoms with Gasteiger partial charge in [0.2, 0.25) is 5.91 Å². The second-order valence-electron chi connectivity index (χ2n) is 6.15. The highest BCUT2D eigenvalue weighted by atomic mass is 35.5. The first-order valence-electron chi connectivity index (χ1n) is 8.87. The highest BCUT2D eigenvalue weighted by molar-refractivity contribution is 6.32. The van der Waals surface area contributed by atoms with Crippen LogP contribution < -0.4 is 10.1 Å². The number of halogens is 2. The standard InChI is InChI=1S/C18H27ClFN3O2/c1-2-22-9-11-23(12-10-22)8-3-7-21-18(24)6-13-25-17-5-4-15(20)14-16(17)19/h4-5,14H,2-3,6-13H2,1H3,(H,21,24). The molecule has 0 saturated carbocycles. The molecule has 0 radical (unpaired) electrons. The van der Waals surface area contributed by atoms with Crippen LogP contribution in [0.25, 0.3) is 0 Å². The number of ether oxygens (including phenoxy) is 1. The lowest BCUT2D eigenvalue weighted by atomic mass is 10.3. The normalized spacial score (nSPS) is 16.0. The summed E-state index contributed by atoms with van der Waals surface area (Å²) in [6.45, 7) is 9.69. The van der Waals surface area contributed by atoms with Crippen LogP contribution in [-0.2, 0) is 4.79 Å². The fraction of sp³-hybridized carbons (Fsp3) is 0.611. The SMILES string of the molecule is CCN1CCN(CCCNC(=O)CCOc2ccc(F)cc2Cl)CC1. The maximum absolute atomic E-state index is 12.9. The van der Waals surface area contributed by atoms with Crippen molar-refractivity contribution in [1.82, 2.24) is 15.1 Å². The van der Waals surface area contributed by atoms with E-state index >= 15 is 0 Å². The largest absolute Gasteiger partial charge is 0.491 e.